The van der Waals surface area contributed by atoms with Crippen LogP contribution in [0.4, 0.5) is 27.5 Å². The summed E-state index contributed by atoms with van der Waals surface area (Å²) in [5.41, 5.74) is 1.89. The normalized spacial score (nSPS) is 15.1. The molecule has 1 aliphatic rings. The van der Waals surface area contributed by atoms with Gasteiger partial charge >= 0.3 is 0 Å². The molecule has 3 N–H and O–H groups in total. The number of carbonyl (C=O) groups is 1. The highest BCUT2D eigenvalue weighted by Crippen LogP contribution is 2.22. The van der Waals surface area contributed by atoms with Crippen molar-refractivity contribution in [2.45, 2.75) is 26.4 Å². The maximum atomic E-state index is 14.4. The summed E-state index contributed by atoms with van der Waals surface area (Å²) in [6, 6.07) is 6.86. The van der Waals surface area contributed by atoms with Crippen molar-refractivity contribution in [2.75, 3.05) is 42.2 Å². The number of carbonyl (C=O) groups excluding carboxylic acids is 1. The molecule has 0 radical (unpaired) electrons. The number of nitrogens with zero attached hydrogens (tertiary/aromatic N) is 3. The quantitative estimate of drug-likeness (QED) is 0.398. The number of amides is 1. The molecule has 0 bridgehead atoms. The van der Waals surface area contributed by atoms with E-state index < -0.39 is 5.82 Å². The summed E-state index contributed by atoms with van der Waals surface area (Å²) in [6.45, 7) is 11.2. The summed E-state index contributed by atoms with van der Waals surface area (Å²) in [6.07, 6.45) is 8.96. The van der Waals surface area contributed by atoms with Crippen LogP contribution in [0.5, 0.6) is 0 Å². The molecule has 1 heterocycles. The number of hydrogen-bond donors (Lipinski definition) is 3. The summed E-state index contributed by atoms with van der Waals surface area (Å²) in [4.78, 5) is 22.1. The molecule has 0 spiro atoms. The van der Waals surface area contributed by atoms with Gasteiger partial charge in [0.05, 0.1) is 18.9 Å². The highest BCUT2D eigenvalue weighted by molar-refractivity contribution is 5.99. The first-order valence-electron chi connectivity index (χ1n) is 11.3. The number of likely N-dealkylation sites (N-methyl/N-ethyl adjacent to an activating group) is 1. The number of anilines is 4. The van der Waals surface area contributed by atoms with Crippen molar-refractivity contribution in [1.82, 2.24) is 14.9 Å². The molecule has 0 saturated heterocycles. The van der Waals surface area contributed by atoms with E-state index in [-0.39, 0.29) is 23.8 Å². The first-order chi connectivity index (χ1) is 16.5. The Kier molecular flexibility index (Phi) is 9.30. The number of nitrogens with one attached hydrogen (secondary N) is 3. The molecule has 1 aromatic heterocycles. The summed E-state index contributed by atoms with van der Waals surface area (Å²) in [7, 11) is 0. The van der Waals surface area contributed by atoms with Crippen LogP contribution in [0.3, 0.4) is 0 Å². The summed E-state index contributed by atoms with van der Waals surface area (Å²) < 4.78 is 20.4. The smallest absolute Gasteiger partial charge is 0.247 e. The van der Waals surface area contributed by atoms with E-state index in [0.29, 0.717) is 18.0 Å². The van der Waals surface area contributed by atoms with Crippen LogP contribution in [-0.4, -0.2) is 53.1 Å². The number of aromatic nitrogens is 2. The molecule has 3 rings (SSSR count). The number of halogens is 1. The minimum absolute atomic E-state index is 0.0112. The zero-order valence-electron chi connectivity index (χ0n) is 19.6. The van der Waals surface area contributed by atoms with Crippen LogP contribution in [0.1, 0.15) is 20.3 Å². The lowest BCUT2D eigenvalue weighted by Gasteiger charge is -2.21. The van der Waals surface area contributed by atoms with Gasteiger partial charge in [0, 0.05) is 23.6 Å². The average Bonchev–Trinajstić information content (AvgIpc) is 2.84. The third-order valence-electron chi connectivity index (χ3n) is 5.24. The molecule has 34 heavy (non-hydrogen) atoms. The molecule has 0 fully saturated rings. The average molecular weight is 467 g/mol. The molecule has 1 aliphatic carbocycles. The highest BCUT2D eigenvalue weighted by atomic mass is 19.1. The SMILES string of the molecule is C=CC(=O)Nc1cccc(Nc2nc(NC3=CC(OCCN(CC)CC)CC=C3)ncc2F)c1. The molecule has 180 valence electrons. The van der Waals surface area contributed by atoms with Crippen LogP contribution < -0.4 is 16.0 Å². The molecular weight excluding hydrogens is 435 g/mol. The summed E-state index contributed by atoms with van der Waals surface area (Å²) in [5, 5.41) is 8.71. The van der Waals surface area contributed by atoms with Gasteiger partial charge in [0.2, 0.25) is 11.9 Å². The minimum atomic E-state index is -0.600. The predicted octanol–water partition coefficient (Wildman–Crippen LogP) is 4.47. The van der Waals surface area contributed by atoms with E-state index in [4.69, 9.17) is 4.74 Å². The van der Waals surface area contributed by atoms with E-state index in [1.165, 1.54) is 6.08 Å². The molecule has 0 saturated carbocycles. The topological polar surface area (TPSA) is 91.4 Å². The largest absolute Gasteiger partial charge is 0.372 e. The third-order valence-corrected chi connectivity index (χ3v) is 5.24. The number of hydrogen-bond acceptors (Lipinski definition) is 7. The second-order valence-corrected chi connectivity index (χ2v) is 7.61. The Morgan fingerprint density at radius 2 is 2.09 bits per heavy atom. The lowest BCUT2D eigenvalue weighted by molar-refractivity contribution is -0.111. The van der Waals surface area contributed by atoms with Gasteiger partial charge in [0.15, 0.2) is 11.6 Å². The Labute approximate surface area is 199 Å². The predicted molar refractivity (Wildman–Crippen MR) is 134 cm³/mol. The number of benzene rings is 1. The Morgan fingerprint density at radius 3 is 2.85 bits per heavy atom. The molecule has 1 amide bonds. The zero-order valence-corrected chi connectivity index (χ0v) is 19.6. The van der Waals surface area contributed by atoms with Crippen molar-refractivity contribution in [3.63, 3.8) is 0 Å². The van der Waals surface area contributed by atoms with Crippen LogP contribution in [0.25, 0.3) is 0 Å². The zero-order chi connectivity index (χ0) is 24.3. The van der Waals surface area contributed by atoms with E-state index in [1.807, 2.05) is 18.2 Å². The molecule has 1 unspecified atom stereocenters. The van der Waals surface area contributed by atoms with Crippen LogP contribution >= 0.6 is 0 Å². The van der Waals surface area contributed by atoms with E-state index in [9.17, 15) is 9.18 Å². The first-order valence-corrected chi connectivity index (χ1v) is 11.3. The second-order valence-electron chi connectivity index (χ2n) is 7.61. The van der Waals surface area contributed by atoms with Gasteiger partial charge in [0.25, 0.3) is 0 Å². The molecule has 8 nitrogen and oxygen atoms in total. The molecular formula is C25H31FN6O2. The van der Waals surface area contributed by atoms with Crippen molar-refractivity contribution in [3.8, 4) is 0 Å². The van der Waals surface area contributed by atoms with Crippen molar-refractivity contribution in [3.05, 3.63) is 72.9 Å². The lowest BCUT2D eigenvalue weighted by Crippen LogP contribution is -2.28. The molecule has 2 aromatic rings. The van der Waals surface area contributed by atoms with Crippen molar-refractivity contribution in [1.29, 1.82) is 0 Å². The van der Waals surface area contributed by atoms with E-state index in [2.05, 4.69) is 51.2 Å². The lowest BCUT2D eigenvalue weighted by atomic mass is 10.1. The van der Waals surface area contributed by atoms with Gasteiger partial charge in [-0.3, -0.25) is 4.79 Å². The number of allylic oxidation sites excluding steroid dienone is 1. The summed E-state index contributed by atoms with van der Waals surface area (Å²) in [5.74, 6) is -0.672. The van der Waals surface area contributed by atoms with Crippen LogP contribution in [-0.2, 0) is 9.53 Å². The number of rotatable bonds is 12. The van der Waals surface area contributed by atoms with Gasteiger partial charge in [-0.1, -0.05) is 32.6 Å². The van der Waals surface area contributed by atoms with Gasteiger partial charge in [-0.2, -0.15) is 4.98 Å². The van der Waals surface area contributed by atoms with E-state index in [1.54, 1.807) is 24.3 Å². The van der Waals surface area contributed by atoms with Crippen LogP contribution in [0.2, 0.25) is 0 Å². The first kappa shape index (κ1) is 25.1. The van der Waals surface area contributed by atoms with Gasteiger partial charge in [0.1, 0.15) is 0 Å². The van der Waals surface area contributed by atoms with Gasteiger partial charge in [-0.05, 0) is 55.9 Å². The maximum absolute atomic E-state index is 14.4. The molecule has 1 aromatic carbocycles. The monoisotopic (exact) mass is 466 g/mol. The van der Waals surface area contributed by atoms with Crippen molar-refractivity contribution in [2.24, 2.45) is 0 Å². The highest BCUT2D eigenvalue weighted by Gasteiger charge is 2.13. The molecule has 0 aliphatic heterocycles. The minimum Gasteiger partial charge on any atom is -0.372 e. The standard InChI is InChI=1S/C25H31FN6O2/c1-4-23(33)28-18-9-7-10-19(15-18)29-24-22(26)17-27-25(31-24)30-20-11-8-12-21(16-20)34-14-13-32(5-2)6-3/h4,7-11,15-17,21H,1,5-6,12-14H2,2-3H3,(H,28,33)(H2,27,29,30,31). The fourth-order valence-electron chi connectivity index (χ4n) is 3.37. The maximum Gasteiger partial charge on any atom is 0.247 e. The van der Waals surface area contributed by atoms with E-state index >= 15 is 0 Å². The summed E-state index contributed by atoms with van der Waals surface area (Å²) >= 11 is 0. The molecule has 1 atom stereocenters. The fourth-order valence-corrected chi connectivity index (χ4v) is 3.37. The Bertz CT molecular complexity index is 1050. The van der Waals surface area contributed by atoms with Crippen molar-refractivity contribution >= 4 is 29.0 Å². The Balaban J connectivity index is 1.64. The van der Waals surface area contributed by atoms with Gasteiger partial charge in [-0.15, -0.1) is 0 Å². The Hall–Kier alpha value is -3.56. The number of ether oxygens (including phenoxy) is 1. The molecule has 9 heteroatoms. The third kappa shape index (κ3) is 7.50. The fraction of sp³-hybridized carbons (Fsp3) is 0.320. The van der Waals surface area contributed by atoms with Gasteiger partial charge in [-0.25, -0.2) is 9.37 Å². The van der Waals surface area contributed by atoms with Crippen LogP contribution in [0.15, 0.2) is 67.0 Å². The second kappa shape index (κ2) is 12.6. The van der Waals surface area contributed by atoms with Crippen LogP contribution in [0, 0.1) is 5.82 Å². The van der Waals surface area contributed by atoms with E-state index in [0.717, 1.165) is 37.9 Å². The Morgan fingerprint density at radius 1 is 1.29 bits per heavy atom. The van der Waals surface area contributed by atoms with Crippen molar-refractivity contribution < 1.29 is 13.9 Å². The van der Waals surface area contributed by atoms with Gasteiger partial charge < -0.3 is 25.6 Å².